The molecule has 0 radical (unpaired) electrons. The predicted molar refractivity (Wildman–Crippen MR) is 170 cm³/mol. The van der Waals surface area contributed by atoms with Crippen molar-refractivity contribution in [2.75, 3.05) is 39.4 Å². The molecule has 2 aliphatic rings. The van der Waals surface area contributed by atoms with Crippen LogP contribution in [0.15, 0.2) is 60.7 Å². The first kappa shape index (κ1) is 32.5. The van der Waals surface area contributed by atoms with E-state index < -0.39 is 0 Å². The van der Waals surface area contributed by atoms with E-state index in [-0.39, 0.29) is 0 Å². The highest BCUT2D eigenvalue weighted by atomic mass is 16.5. The third-order valence-electron chi connectivity index (χ3n) is 8.52. The molecule has 0 N–H and O–H groups in total. The average Bonchev–Trinajstić information content (AvgIpc) is 2.95. The quantitative estimate of drug-likeness (QED) is 0.220. The maximum Gasteiger partial charge on any atom is 0.119 e. The Morgan fingerprint density at radius 3 is 1.57 bits per heavy atom. The maximum absolute atomic E-state index is 5.73. The summed E-state index contributed by atoms with van der Waals surface area (Å²) in [6, 6.07) is 21.8. The summed E-state index contributed by atoms with van der Waals surface area (Å²) in [7, 11) is 0. The molecule has 2 saturated heterocycles. The molecule has 4 atom stereocenters. The molecule has 0 saturated carbocycles. The highest BCUT2D eigenvalue weighted by Crippen LogP contribution is 2.23. The van der Waals surface area contributed by atoms with Gasteiger partial charge in [-0.1, -0.05) is 56.7 Å². The lowest BCUT2D eigenvalue weighted by molar-refractivity contribution is 0.101. The van der Waals surface area contributed by atoms with E-state index in [2.05, 4.69) is 37.5 Å². The summed E-state index contributed by atoms with van der Waals surface area (Å²) < 4.78 is 11.4. The molecule has 0 unspecified atom stereocenters. The normalized spacial score (nSPS) is 23.7. The van der Waals surface area contributed by atoms with Crippen LogP contribution in [-0.2, 0) is 0 Å². The van der Waals surface area contributed by atoms with Crippen LogP contribution >= 0.6 is 0 Å². The summed E-state index contributed by atoms with van der Waals surface area (Å²) in [6.45, 7) is 16.3. The van der Waals surface area contributed by atoms with E-state index in [4.69, 9.17) is 9.47 Å². The number of rotatable bonds is 14. The van der Waals surface area contributed by atoms with Crippen LogP contribution in [0.4, 0.5) is 0 Å². The molecular weight excluding hydrogens is 492 g/mol. The van der Waals surface area contributed by atoms with Crippen molar-refractivity contribution in [3.63, 3.8) is 0 Å². The summed E-state index contributed by atoms with van der Waals surface area (Å²) in [5, 5.41) is 0. The van der Waals surface area contributed by atoms with Crippen LogP contribution in [0.3, 0.4) is 0 Å². The molecule has 0 bridgehead atoms. The molecule has 0 amide bonds. The molecule has 40 heavy (non-hydrogen) atoms. The van der Waals surface area contributed by atoms with Crippen LogP contribution < -0.4 is 9.47 Å². The highest BCUT2D eigenvalue weighted by Gasteiger charge is 2.23. The molecule has 224 valence electrons. The second-order valence-corrected chi connectivity index (χ2v) is 12.5. The van der Waals surface area contributed by atoms with Gasteiger partial charge in [0.15, 0.2) is 0 Å². The summed E-state index contributed by atoms with van der Waals surface area (Å²) in [6.07, 6.45) is 13.0. The molecule has 2 aromatic rings. The zero-order valence-corrected chi connectivity index (χ0v) is 26.1. The molecule has 2 heterocycles. The zero-order valence-electron chi connectivity index (χ0n) is 26.1. The van der Waals surface area contributed by atoms with Crippen LogP contribution in [-0.4, -0.2) is 61.3 Å². The Morgan fingerprint density at radius 1 is 0.600 bits per heavy atom. The Labute approximate surface area is 246 Å². The molecule has 0 aromatic heterocycles. The van der Waals surface area contributed by atoms with Crippen LogP contribution in [0.1, 0.15) is 91.9 Å². The summed E-state index contributed by atoms with van der Waals surface area (Å²) in [4.78, 5) is 5.35. The number of piperidine rings is 2. The lowest BCUT2D eigenvalue weighted by Crippen LogP contribution is -2.44. The van der Waals surface area contributed by atoms with Gasteiger partial charge in [0.1, 0.15) is 11.5 Å². The van der Waals surface area contributed by atoms with Crippen LogP contribution in [0.2, 0.25) is 0 Å². The average molecular weight is 551 g/mol. The first-order chi connectivity index (χ1) is 19.5. The zero-order chi connectivity index (χ0) is 28.4. The molecule has 4 nitrogen and oxygen atoms in total. The van der Waals surface area contributed by atoms with Gasteiger partial charge in [0.2, 0.25) is 0 Å². The van der Waals surface area contributed by atoms with E-state index in [0.29, 0.717) is 0 Å². The van der Waals surface area contributed by atoms with Crippen molar-refractivity contribution in [2.24, 2.45) is 11.8 Å². The van der Waals surface area contributed by atoms with Crippen LogP contribution in [0.5, 0.6) is 11.5 Å². The van der Waals surface area contributed by atoms with Crippen LogP contribution in [0, 0.1) is 11.8 Å². The van der Waals surface area contributed by atoms with Crippen molar-refractivity contribution >= 4 is 0 Å². The molecule has 0 spiro atoms. The Balaban J connectivity index is 0.000000220. The minimum atomic E-state index is 0.777. The standard InChI is InChI=1S/2C18H29NO/c1-16-10-9-11-17(2)19(16)14-7-4-8-15-20-18-12-5-3-6-13-18;1-16-13-17(2)15-19(14-16)11-7-4-8-12-20-18-9-5-3-6-10-18/h3,5-6,12-13,16-17H,4,7-11,14-15H2,1-2H3;3,5-6,9-10,16-17H,4,7-8,11-15H2,1-2H3/t2*16-,17+. The number of hydrogen-bond acceptors (Lipinski definition) is 4. The van der Waals surface area contributed by atoms with Gasteiger partial charge in [-0.15, -0.1) is 0 Å². The van der Waals surface area contributed by atoms with Crippen molar-refractivity contribution in [3.05, 3.63) is 60.7 Å². The van der Waals surface area contributed by atoms with E-state index in [1.54, 1.807) is 0 Å². The minimum Gasteiger partial charge on any atom is -0.494 e. The smallest absolute Gasteiger partial charge is 0.119 e. The molecule has 4 heteroatoms. The molecule has 4 rings (SSSR count). The molecule has 2 fully saturated rings. The minimum absolute atomic E-state index is 0.777. The van der Waals surface area contributed by atoms with E-state index in [0.717, 1.165) is 61.5 Å². The number of benzene rings is 2. The van der Waals surface area contributed by atoms with E-state index >= 15 is 0 Å². The topological polar surface area (TPSA) is 24.9 Å². The summed E-state index contributed by atoms with van der Waals surface area (Å²) >= 11 is 0. The molecule has 0 aliphatic carbocycles. The lowest BCUT2D eigenvalue weighted by atomic mass is 9.92. The first-order valence-corrected chi connectivity index (χ1v) is 16.3. The van der Waals surface area contributed by atoms with Crippen LogP contribution in [0.25, 0.3) is 0 Å². The highest BCUT2D eigenvalue weighted by molar-refractivity contribution is 5.21. The Morgan fingerprint density at radius 2 is 1.07 bits per heavy atom. The number of unbranched alkanes of at least 4 members (excludes halogenated alkanes) is 4. The van der Waals surface area contributed by atoms with Gasteiger partial charge in [0, 0.05) is 25.2 Å². The van der Waals surface area contributed by atoms with Gasteiger partial charge in [-0.2, -0.15) is 0 Å². The molecule has 2 aromatic carbocycles. The second-order valence-electron chi connectivity index (χ2n) is 12.5. The summed E-state index contributed by atoms with van der Waals surface area (Å²) in [5.41, 5.74) is 0. The lowest BCUT2D eigenvalue weighted by Gasteiger charge is -2.39. The molecular formula is C36H58N2O2. The van der Waals surface area contributed by atoms with Gasteiger partial charge < -0.3 is 14.4 Å². The number of nitrogens with zero attached hydrogens (tertiary/aromatic N) is 2. The Bertz CT molecular complexity index is 857. The van der Waals surface area contributed by atoms with Crippen molar-refractivity contribution in [1.82, 2.24) is 9.80 Å². The number of likely N-dealkylation sites (tertiary alicyclic amines) is 2. The van der Waals surface area contributed by atoms with E-state index in [9.17, 15) is 0 Å². The van der Waals surface area contributed by atoms with E-state index in [1.165, 1.54) is 77.5 Å². The third-order valence-corrected chi connectivity index (χ3v) is 8.52. The largest absolute Gasteiger partial charge is 0.494 e. The Hall–Kier alpha value is -2.04. The number of hydrogen-bond donors (Lipinski definition) is 0. The van der Waals surface area contributed by atoms with Gasteiger partial charge in [0.25, 0.3) is 0 Å². The van der Waals surface area contributed by atoms with Gasteiger partial charge >= 0.3 is 0 Å². The maximum atomic E-state index is 5.73. The first-order valence-electron chi connectivity index (χ1n) is 16.3. The number of ether oxygens (including phenoxy) is 2. The van der Waals surface area contributed by atoms with Gasteiger partial charge in [-0.3, -0.25) is 4.90 Å². The predicted octanol–water partition coefficient (Wildman–Crippen LogP) is 8.71. The van der Waals surface area contributed by atoms with Gasteiger partial charge in [0.05, 0.1) is 13.2 Å². The fourth-order valence-corrected chi connectivity index (χ4v) is 6.49. The van der Waals surface area contributed by atoms with E-state index in [1.807, 2.05) is 60.7 Å². The van der Waals surface area contributed by atoms with Gasteiger partial charge in [-0.05, 0) is 121 Å². The van der Waals surface area contributed by atoms with Gasteiger partial charge in [-0.25, -0.2) is 0 Å². The number of para-hydroxylation sites is 2. The summed E-state index contributed by atoms with van der Waals surface area (Å²) in [5.74, 6) is 3.73. The molecule has 2 aliphatic heterocycles. The third kappa shape index (κ3) is 13.1. The monoisotopic (exact) mass is 550 g/mol. The second kappa shape index (κ2) is 19.1. The fraction of sp³-hybridized carbons (Fsp3) is 0.667. The Kier molecular flexibility index (Phi) is 15.5. The van der Waals surface area contributed by atoms with Crippen molar-refractivity contribution < 1.29 is 9.47 Å². The SMILES string of the molecule is C[C@@H]1CCC[C@H](C)N1CCCCCOc1ccccc1.C[C@@H]1C[C@H](C)CN(CCCCCOc2ccccc2)C1. The fourth-order valence-electron chi connectivity index (χ4n) is 6.49. The van der Waals surface area contributed by atoms with Crippen molar-refractivity contribution in [3.8, 4) is 11.5 Å². The van der Waals surface area contributed by atoms with Crippen molar-refractivity contribution in [2.45, 2.75) is 104 Å². The van der Waals surface area contributed by atoms with Crippen molar-refractivity contribution in [1.29, 1.82) is 0 Å².